The van der Waals surface area contributed by atoms with Gasteiger partial charge in [-0.15, -0.1) is 0 Å². The number of nitrogens with zero attached hydrogens (tertiary/aromatic N) is 2. The van der Waals surface area contributed by atoms with Crippen molar-refractivity contribution in [2.24, 2.45) is 7.05 Å². The van der Waals surface area contributed by atoms with E-state index in [0.717, 1.165) is 0 Å². The molecule has 1 aliphatic rings. The van der Waals surface area contributed by atoms with E-state index >= 15 is 0 Å². The number of alkyl carbamates (subject to hydrolysis) is 1. The minimum absolute atomic E-state index is 0.0484. The molecule has 2 heterocycles. The van der Waals surface area contributed by atoms with Crippen molar-refractivity contribution in [2.45, 2.75) is 38.3 Å². The van der Waals surface area contributed by atoms with E-state index in [-0.39, 0.29) is 12.3 Å². The van der Waals surface area contributed by atoms with Gasteiger partial charge in [-0.1, -0.05) is 0 Å². The average molecular weight is 311 g/mol. The Hall–Kier alpha value is -2.09. The van der Waals surface area contributed by atoms with E-state index in [1.807, 2.05) is 0 Å². The molecule has 0 saturated carbocycles. The summed E-state index contributed by atoms with van der Waals surface area (Å²) < 4.78 is 11.9. The van der Waals surface area contributed by atoms with Crippen LogP contribution in [0.15, 0.2) is 6.07 Å². The number of aromatic nitrogens is 2. The number of carboxylic acid groups (broad SMARTS) is 1. The molecule has 2 N–H and O–H groups in total. The summed E-state index contributed by atoms with van der Waals surface area (Å²) in [4.78, 5) is 23.2. The minimum Gasteiger partial charge on any atom is -0.477 e. The SMILES string of the molecule is Cn1nc(C2(NC(=O)OC(C)(C)C)CCOC2)cc1C(=O)O. The Bertz CT molecular complexity index is 582. The predicted octanol–water partition coefficient (Wildman–Crippen LogP) is 1.26. The fourth-order valence-corrected chi connectivity index (χ4v) is 2.33. The van der Waals surface area contributed by atoms with E-state index in [1.54, 1.807) is 27.8 Å². The van der Waals surface area contributed by atoms with Gasteiger partial charge in [-0.2, -0.15) is 5.10 Å². The second-order valence-corrected chi connectivity index (χ2v) is 6.36. The van der Waals surface area contributed by atoms with Gasteiger partial charge in [0, 0.05) is 20.1 Å². The highest BCUT2D eigenvalue weighted by Crippen LogP contribution is 2.30. The molecule has 2 rings (SSSR count). The molecule has 0 spiro atoms. The lowest BCUT2D eigenvalue weighted by atomic mass is 9.94. The third kappa shape index (κ3) is 3.38. The highest BCUT2D eigenvalue weighted by Gasteiger charge is 2.42. The fourth-order valence-electron chi connectivity index (χ4n) is 2.33. The molecule has 0 bridgehead atoms. The van der Waals surface area contributed by atoms with E-state index in [2.05, 4.69) is 10.4 Å². The molecule has 1 fully saturated rings. The Morgan fingerprint density at radius 2 is 2.18 bits per heavy atom. The standard InChI is InChI=1S/C14H21N3O5/c1-13(2,3)22-12(20)15-14(5-6-21-8-14)10-7-9(11(18)19)17(4)16-10/h7H,5-6,8H2,1-4H3,(H,15,20)(H,18,19). The molecule has 122 valence electrons. The van der Waals surface area contributed by atoms with Gasteiger partial charge in [0.15, 0.2) is 0 Å². The van der Waals surface area contributed by atoms with Gasteiger partial charge in [0.05, 0.1) is 12.3 Å². The van der Waals surface area contributed by atoms with Gasteiger partial charge in [-0.3, -0.25) is 4.68 Å². The molecule has 8 nitrogen and oxygen atoms in total. The number of carbonyl (C=O) groups excluding carboxylic acids is 1. The minimum atomic E-state index is -1.08. The van der Waals surface area contributed by atoms with Crippen LogP contribution in [0.2, 0.25) is 0 Å². The molecule has 1 atom stereocenters. The maximum atomic E-state index is 12.1. The number of carboxylic acids is 1. The Morgan fingerprint density at radius 3 is 2.64 bits per heavy atom. The number of hydrogen-bond donors (Lipinski definition) is 2. The van der Waals surface area contributed by atoms with Crippen molar-refractivity contribution in [3.63, 3.8) is 0 Å². The van der Waals surface area contributed by atoms with Gasteiger partial charge in [0.1, 0.15) is 16.8 Å². The molecule has 1 aliphatic heterocycles. The topological polar surface area (TPSA) is 103 Å². The fraction of sp³-hybridized carbons (Fsp3) is 0.643. The lowest BCUT2D eigenvalue weighted by Gasteiger charge is -2.29. The Morgan fingerprint density at radius 1 is 1.50 bits per heavy atom. The molecule has 1 saturated heterocycles. The summed E-state index contributed by atoms with van der Waals surface area (Å²) in [6.45, 7) is 5.99. The molecular weight excluding hydrogens is 290 g/mol. The lowest BCUT2D eigenvalue weighted by molar-refractivity contribution is 0.0433. The van der Waals surface area contributed by atoms with Crippen molar-refractivity contribution in [2.75, 3.05) is 13.2 Å². The lowest BCUT2D eigenvalue weighted by Crippen LogP contribution is -2.48. The third-order valence-electron chi connectivity index (χ3n) is 3.35. The molecule has 1 aromatic heterocycles. The molecule has 1 amide bonds. The Balaban J connectivity index is 2.27. The van der Waals surface area contributed by atoms with Crippen LogP contribution in [-0.4, -0.2) is 45.8 Å². The van der Waals surface area contributed by atoms with Crippen molar-refractivity contribution in [3.8, 4) is 0 Å². The number of rotatable bonds is 3. The highest BCUT2D eigenvalue weighted by molar-refractivity contribution is 5.85. The number of ether oxygens (including phenoxy) is 2. The van der Waals surface area contributed by atoms with Crippen LogP contribution in [0.3, 0.4) is 0 Å². The predicted molar refractivity (Wildman–Crippen MR) is 76.7 cm³/mol. The maximum absolute atomic E-state index is 12.1. The molecule has 22 heavy (non-hydrogen) atoms. The van der Waals surface area contributed by atoms with E-state index in [9.17, 15) is 9.59 Å². The molecule has 1 aromatic rings. The van der Waals surface area contributed by atoms with Gasteiger partial charge in [-0.05, 0) is 26.8 Å². The van der Waals surface area contributed by atoms with E-state index < -0.39 is 23.2 Å². The van der Waals surface area contributed by atoms with Crippen LogP contribution < -0.4 is 5.32 Å². The van der Waals surface area contributed by atoms with Crippen molar-refractivity contribution in [1.82, 2.24) is 15.1 Å². The smallest absolute Gasteiger partial charge is 0.408 e. The summed E-state index contributed by atoms with van der Waals surface area (Å²) in [5.74, 6) is -1.08. The zero-order valence-corrected chi connectivity index (χ0v) is 13.2. The first-order chi connectivity index (χ1) is 10.1. The van der Waals surface area contributed by atoms with E-state index in [0.29, 0.717) is 18.7 Å². The van der Waals surface area contributed by atoms with Crippen LogP contribution in [0.1, 0.15) is 43.4 Å². The van der Waals surface area contributed by atoms with Crippen LogP contribution in [0, 0.1) is 0 Å². The van der Waals surface area contributed by atoms with Crippen LogP contribution in [0.5, 0.6) is 0 Å². The van der Waals surface area contributed by atoms with Crippen LogP contribution in [0.25, 0.3) is 0 Å². The third-order valence-corrected chi connectivity index (χ3v) is 3.35. The maximum Gasteiger partial charge on any atom is 0.408 e. The first kappa shape index (κ1) is 16.3. The Labute approximate surface area is 128 Å². The van der Waals surface area contributed by atoms with Crippen molar-refractivity contribution in [1.29, 1.82) is 0 Å². The van der Waals surface area contributed by atoms with Crippen molar-refractivity contribution in [3.05, 3.63) is 17.5 Å². The Kier molecular flexibility index (Phi) is 4.15. The number of carbonyl (C=O) groups is 2. The normalized spacial score (nSPS) is 21.6. The number of amides is 1. The summed E-state index contributed by atoms with van der Waals surface area (Å²) in [5.41, 5.74) is -0.988. The summed E-state index contributed by atoms with van der Waals surface area (Å²) in [7, 11) is 1.55. The first-order valence-electron chi connectivity index (χ1n) is 7.00. The zero-order chi connectivity index (χ0) is 16.5. The largest absolute Gasteiger partial charge is 0.477 e. The molecule has 1 unspecified atom stereocenters. The quantitative estimate of drug-likeness (QED) is 0.871. The van der Waals surface area contributed by atoms with E-state index in [1.165, 1.54) is 10.7 Å². The summed E-state index contributed by atoms with van der Waals surface area (Å²) in [6, 6.07) is 1.45. The second kappa shape index (κ2) is 5.60. The number of nitrogens with one attached hydrogen (secondary N) is 1. The van der Waals surface area contributed by atoms with Gasteiger partial charge < -0.3 is 19.9 Å². The van der Waals surface area contributed by atoms with Gasteiger partial charge >= 0.3 is 12.1 Å². The van der Waals surface area contributed by atoms with Crippen molar-refractivity contribution >= 4 is 12.1 Å². The van der Waals surface area contributed by atoms with Crippen molar-refractivity contribution < 1.29 is 24.2 Å². The summed E-state index contributed by atoms with van der Waals surface area (Å²) in [5, 5.41) is 16.1. The molecule has 0 aromatic carbocycles. The zero-order valence-electron chi connectivity index (χ0n) is 13.2. The average Bonchev–Trinajstić information content (AvgIpc) is 2.94. The number of hydrogen-bond acceptors (Lipinski definition) is 5. The van der Waals surface area contributed by atoms with Crippen LogP contribution in [0.4, 0.5) is 4.79 Å². The van der Waals surface area contributed by atoms with Crippen LogP contribution >= 0.6 is 0 Å². The first-order valence-corrected chi connectivity index (χ1v) is 7.00. The summed E-state index contributed by atoms with van der Waals surface area (Å²) >= 11 is 0. The van der Waals surface area contributed by atoms with Gasteiger partial charge in [0.25, 0.3) is 0 Å². The molecule has 0 radical (unpaired) electrons. The molecular formula is C14H21N3O5. The van der Waals surface area contributed by atoms with Gasteiger partial charge in [0.2, 0.25) is 0 Å². The second-order valence-electron chi connectivity index (χ2n) is 6.36. The molecule has 0 aliphatic carbocycles. The van der Waals surface area contributed by atoms with Gasteiger partial charge in [-0.25, -0.2) is 9.59 Å². The highest BCUT2D eigenvalue weighted by atomic mass is 16.6. The number of aromatic carboxylic acids is 1. The summed E-state index contributed by atoms with van der Waals surface area (Å²) in [6.07, 6.45) is -0.0805. The number of aryl methyl sites for hydroxylation is 1. The van der Waals surface area contributed by atoms with Crippen LogP contribution in [-0.2, 0) is 22.1 Å². The molecule has 8 heteroatoms. The van der Waals surface area contributed by atoms with E-state index in [4.69, 9.17) is 14.6 Å². The monoisotopic (exact) mass is 311 g/mol.